The summed E-state index contributed by atoms with van der Waals surface area (Å²) in [6.45, 7) is 6.42. The van der Waals surface area contributed by atoms with E-state index < -0.39 is 0 Å². The molecule has 0 atom stereocenters. The molecule has 4 aliphatic rings. The molecule has 1 N–H and O–H groups in total. The van der Waals surface area contributed by atoms with Gasteiger partial charge in [-0.25, -0.2) is 4.98 Å². The lowest BCUT2D eigenvalue weighted by molar-refractivity contribution is -0.397. The zero-order valence-corrected chi connectivity index (χ0v) is 14.5. The second-order valence-corrected chi connectivity index (χ2v) is 9.25. The van der Waals surface area contributed by atoms with Crippen LogP contribution in [0.25, 0.3) is 0 Å². The Hall–Kier alpha value is -1.38. The molecule has 0 saturated heterocycles. The highest BCUT2D eigenvalue weighted by atomic mass is 16.5. The number of hydrogen-bond donors (Lipinski definition) is 0. The molecule has 0 radical (unpaired) electrons. The van der Waals surface area contributed by atoms with Gasteiger partial charge >= 0.3 is 5.97 Å². The van der Waals surface area contributed by atoms with Crippen LogP contribution in [0.1, 0.15) is 65.0 Å². The maximum absolute atomic E-state index is 13.1. The van der Waals surface area contributed by atoms with Gasteiger partial charge in [0.2, 0.25) is 5.69 Å². The standard InChI is InChI=1S/C20H27NO2/c1-19(2,3)17-16(5-4-6-21-17)23-18(22)20-10-13-7-14(11-20)9-15(8-13)12-20/h4-6,13-15H,7-12H2,1-3H3/p+1. The van der Waals surface area contributed by atoms with Crippen LogP contribution < -0.4 is 9.72 Å². The normalized spacial score (nSPS) is 35.3. The number of aromatic nitrogens is 1. The first-order valence-electron chi connectivity index (χ1n) is 9.09. The van der Waals surface area contributed by atoms with E-state index in [1.54, 1.807) is 0 Å². The van der Waals surface area contributed by atoms with Crippen molar-refractivity contribution in [1.29, 1.82) is 0 Å². The molecule has 5 rings (SSSR count). The zero-order chi connectivity index (χ0) is 16.2. The molecule has 1 aromatic heterocycles. The molecule has 0 aromatic carbocycles. The fraction of sp³-hybridized carbons (Fsp3) is 0.700. The third-order valence-electron chi connectivity index (χ3n) is 6.24. The number of ether oxygens (including phenoxy) is 1. The molecule has 4 fully saturated rings. The van der Waals surface area contributed by atoms with Gasteiger partial charge in [-0.15, -0.1) is 0 Å². The van der Waals surface area contributed by atoms with Crippen LogP contribution in [0, 0.1) is 23.2 Å². The Bertz CT molecular complexity index is 593. The Morgan fingerprint density at radius 1 is 1.13 bits per heavy atom. The van der Waals surface area contributed by atoms with Gasteiger partial charge in [-0.2, -0.15) is 0 Å². The summed E-state index contributed by atoms with van der Waals surface area (Å²) < 4.78 is 5.99. The molecule has 4 aliphatic carbocycles. The number of carbonyl (C=O) groups is 1. The Balaban J connectivity index is 1.60. The minimum absolute atomic E-state index is 0.0294. The number of hydrogen-bond acceptors (Lipinski definition) is 2. The maximum Gasteiger partial charge on any atom is 0.317 e. The molecule has 4 bridgehead atoms. The molecule has 0 spiro atoms. The van der Waals surface area contributed by atoms with Crippen LogP contribution in [0.3, 0.4) is 0 Å². The molecule has 0 amide bonds. The van der Waals surface area contributed by atoms with E-state index in [2.05, 4.69) is 25.8 Å². The van der Waals surface area contributed by atoms with Crippen LogP contribution in [-0.2, 0) is 10.2 Å². The number of aromatic amines is 1. The van der Waals surface area contributed by atoms with E-state index in [0.717, 1.165) is 42.7 Å². The number of carbonyl (C=O) groups excluding carboxylic acids is 1. The minimum atomic E-state index is -0.195. The smallest absolute Gasteiger partial charge is 0.317 e. The van der Waals surface area contributed by atoms with Gasteiger partial charge in [0.15, 0.2) is 11.9 Å². The number of H-pyrrole nitrogens is 1. The highest BCUT2D eigenvalue weighted by molar-refractivity contribution is 5.80. The fourth-order valence-corrected chi connectivity index (χ4v) is 5.66. The summed E-state index contributed by atoms with van der Waals surface area (Å²) in [5, 5.41) is 0. The number of pyridine rings is 1. The van der Waals surface area contributed by atoms with Crippen molar-refractivity contribution < 1.29 is 14.5 Å². The van der Waals surface area contributed by atoms with E-state index in [1.807, 2.05) is 18.3 Å². The lowest BCUT2D eigenvalue weighted by atomic mass is 9.49. The molecule has 4 saturated carbocycles. The average molecular weight is 314 g/mol. The summed E-state index contributed by atoms with van der Waals surface area (Å²) in [7, 11) is 0. The first kappa shape index (κ1) is 15.2. The first-order chi connectivity index (χ1) is 10.9. The highest BCUT2D eigenvalue weighted by Gasteiger charge is 2.55. The van der Waals surface area contributed by atoms with Gasteiger partial charge < -0.3 is 4.74 Å². The number of esters is 1. The molecular formula is C20H28NO2+. The number of rotatable bonds is 2. The molecule has 3 nitrogen and oxygen atoms in total. The predicted octanol–water partition coefficient (Wildman–Crippen LogP) is 3.92. The zero-order valence-electron chi connectivity index (χ0n) is 14.5. The van der Waals surface area contributed by atoms with Crippen LogP contribution >= 0.6 is 0 Å². The van der Waals surface area contributed by atoms with Crippen molar-refractivity contribution in [2.24, 2.45) is 23.2 Å². The molecule has 1 aromatic rings. The van der Waals surface area contributed by atoms with Crippen molar-refractivity contribution in [2.45, 2.75) is 64.7 Å². The summed E-state index contributed by atoms with van der Waals surface area (Å²) in [6.07, 6.45) is 9.11. The van der Waals surface area contributed by atoms with E-state index in [1.165, 1.54) is 19.3 Å². The van der Waals surface area contributed by atoms with Crippen molar-refractivity contribution >= 4 is 5.97 Å². The Kier molecular flexibility index (Phi) is 3.33. The summed E-state index contributed by atoms with van der Waals surface area (Å²) >= 11 is 0. The molecule has 0 aliphatic heterocycles. The monoisotopic (exact) mass is 314 g/mol. The van der Waals surface area contributed by atoms with E-state index in [4.69, 9.17) is 4.74 Å². The summed E-state index contributed by atoms with van der Waals surface area (Å²) in [4.78, 5) is 16.4. The van der Waals surface area contributed by atoms with Gasteiger partial charge in [0, 0.05) is 6.07 Å². The third-order valence-corrected chi connectivity index (χ3v) is 6.24. The van der Waals surface area contributed by atoms with Crippen LogP contribution in [0.15, 0.2) is 18.3 Å². The Labute approximate surface area is 138 Å². The van der Waals surface area contributed by atoms with Gasteiger partial charge in [-0.05, 0) is 62.3 Å². The van der Waals surface area contributed by atoms with Gasteiger partial charge in [-0.1, -0.05) is 20.8 Å². The van der Waals surface area contributed by atoms with Crippen LogP contribution in [0.4, 0.5) is 0 Å². The summed E-state index contributed by atoms with van der Waals surface area (Å²) in [5.41, 5.74) is 0.732. The van der Waals surface area contributed by atoms with Gasteiger partial charge in [0.1, 0.15) is 0 Å². The van der Waals surface area contributed by atoms with Crippen LogP contribution in [-0.4, -0.2) is 5.97 Å². The second-order valence-electron chi connectivity index (χ2n) is 9.25. The van der Waals surface area contributed by atoms with E-state index in [-0.39, 0.29) is 16.8 Å². The topological polar surface area (TPSA) is 40.4 Å². The third kappa shape index (κ3) is 2.58. The maximum atomic E-state index is 13.1. The predicted molar refractivity (Wildman–Crippen MR) is 87.9 cm³/mol. The average Bonchev–Trinajstić information content (AvgIpc) is 2.45. The molecule has 124 valence electrons. The fourth-order valence-electron chi connectivity index (χ4n) is 5.66. The molecule has 23 heavy (non-hydrogen) atoms. The van der Waals surface area contributed by atoms with E-state index >= 15 is 0 Å². The molecular weight excluding hydrogens is 286 g/mol. The quantitative estimate of drug-likeness (QED) is 0.776. The summed E-state index contributed by atoms with van der Waals surface area (Å²) in [6, 6.07) is 3.84. The van der Waals surface area contributed by atoms with E-state index in [9.17, 15) is 4.79 Å². The minimum Gasteiger partial charge on any atom is -0.419 e. The number of nitrogens with one attached hydrogen (secondary N) is 1. The van der Waals surface area contributed by atoms with E-state index in [0.29, 0.717) is 5.75 Å². The second kappa shape index (κ2) is 5.06. The Morgan fingerprint density at radius 2 is 1.70 bits per heavy atom. The van der Waals surface area contributed by atoms with Gasteiger partial charge in [0.05, 0.1) is 10.8 Å². The summed E-state index contributed by atoms with van der Waals surface area (Å²) in [5.74, 6) is 3.03. The van der Waals surface area contributed by atoms with Crippen LogP contribution in [0.5, 0.6) is 5.75 Å². The van der Waals surface area contributed by atoms with Gasteiger partial charge in [0.25, 0.3) is 0 Å². The lowest BCUT2D eigenvalue weighted by Crippen LogP contribution is -2.51. The molecule has 0 unspecified atom stereocenters. The Morgan fingerprint density at radius 3 is 2.22 bits per heavy atom. The van der Waals surface area contributed by atoms with Crippen molar-refractivity contribution in [1.82, 2.24) is 0 Å². The SMILES string of the molecule is CC(C)(C)c1[nH+]cccc1OC(=O)C12CC3CC(CC(C3)C1)C2. The van der Waals surface area contributed by atoms with Gasteiger partial charge in [-0.3, -0.25) is 4.79 Å². The van der Waals surface area contributed by atoms with Crippen molar-refractivity contribution in [3.05, 3.63) is 24.0 Å². The molecule has 1 heterocycles. The largest absolute Gasteiger partial charge is 0.419 e. The van der Waals surface area contributed by atoms with Crippen molar-refractivity contribution in [2.75, 3.05) is 0 Å². The van der Waals surface area contributed by atoms with Crippen molar-refractivity contribution in [3.63, 3.8) is 0 Å². The van der Waals surface area contributed by atoms with Crippen molar-refractivity contribution in [3.8, 4) is 5.75 Å². The highest BCUT2D eigenvalue weighted by Crippen LogP contribution is 2.60. The lowest BCUT2D eigenvalue weighted by Gasteiger charge is -2.55. The van der Waals surface area contributed by atoms with Crippen LogP contribution in [0.2, 0.25) is 0 Å². The molecule has 3 heteroatoms. The first-order valence-corrected chi connectivity index (χ1v) is 9.09.